The van der Waals surface area contributed by atoms with Crippen LogP contribution in [0.15, 0.2) is 47.9 Å². The monoisotopic (exact) mass is 437 g/mol. The summed E-state index contributed by atoms with van der Waals surface area (Å²) in [5.41, 5.74) is 8.65. The Bertz CT molecular complexity index is 1120. The number of ether oxygens (including phenoxy) is 2. The molecule has 2 heterocycles. The largest absolute Gasteiger partial charge is 0.495 e. The van der Waals surface area contributed by atoms with Gasteiger partial charge in [0.05, 0.1) is 32.1 Å². The van der Waals surface area contributed by atoms with Crippen LogP contribution in [0.3, 0.4) is 0 Å². The molecular weight excluding hydrogens is 410 g/mol. The van der Waals surface area contributed by atoms with Gasteiger partial charge >= 0.3 is 0 Å². The van der Waals surface area contributed by atoms with Crippen molar-refractivity contribution in [2.24, 2.45) is 10.7 Å². The fraction of sp³-hybridized carbons (Fsp3) is 0.273. The first-order chi connectivity index (χ1) is 15.6. The second-order valence-corrected chi connectivity index (χ2v) is 6.82. The Morgan fingerprint density at radius 1 is 1.28 bits per heavy atom. The van der Waals surface area contributed by atoms with Crippen LogP contribution in [0.4, 0.5) is 17.5 Å². The van der Waals surface area contributed by atoms with Crippen molar-refractivity contribution in [2.75, 3.05) is 45.1 Å². The third-order valence-electron chi connectivity index (χ3n) is 4.66. The molecule has 1 aromatic carbocycles. The Labute approximate surface area is 186 Å². The van der Waals surface area contributed by atoms with Crippen LogP contribution < -0.4 is 21.1 Å². The average molecular weight is 438 g/mol. The zero-order chi connectivity index (χ0) is 22.9. The highest BCUT2D eigenvalue weighted by atomic mass is 16.5. The maximum atomic E-state index is 9.56. The number of nitrogens with two attached hydrogens (primary N) is 1. The number of fused-ring (bicyclic) bond motifs is 1. The Kier molecular flexibility index (Phi) is 7.90. The number of allylic oxidation sites excluding steroid dienone is 1. The van der Waals surface area contributed by atoms with Gasteiger partial charge in [-0.05, 0) is 23.8 Å². The van der Waals surface area contributed by atoms with Gasteiger partial charge in [0.25, 0.3) is 0 Å². The Morgan fingerprint density at radius 3 is 2.81 bits per heavy atom. The summed E-state index contributed by atoms with van der Waals surface area (Å²) in [5, 5.41) is 16.7. The zero-order valence-corrected chi connectivity index (χ0v) is 18.2. The van der Waals surface area contributed by atoms with Crippen molar-refractivity contribution in [1.82, 2.24) is 15.0 Å². The van der Waals surface area contributed by atoms with Gasteiger partial charge in [-0.1, -0.05) is 6.07 Å². The summed E-state index contributed by atoms with van der Waals surface area (Å²) in [4.78, 5) is 17.4. The lowest BCUT2D eigenvalue weighted by Crippen LogP contribution is -2.29. The quantitative estimate of drug-likeness (QED) is 0.351. The first-order valence-electron chi connectivity index (χ1n) is 9.91. The molecule has 0 aliphatic heterocycles. The van der Waals surface area contributed by atoms with Crippen molar-refractivity contribution in [1.29, 1.82) is 0 Å². The van der Waals surface area contributed by atoms with E-state index in [-0.39, 0.29) is 12.6 Å². The summed E-state index contributed by atoms with van der Waals surface area (Å²) < 4.78 is 10.7. The van der Waals surface area contributed by atoms with Crippen LogP contribution in [0.5, 0.6) is 5.75 Å². The first kappa shape index (κ1) is 22.9. The molecule has 5 N–H and O–H groups in total. The second-order valence-electron chi connectivity index (χ2n) is 6.82. The van der Waals surface area contributed by atoms with Gasteiger partial charge in [-0.3, -0.25) is 4.99 Å². The molecule has 2 aromatic heterocycles. The molecule has 10 heteroatoms. The van der Waals surface area contributed by atoms with E-state index < -0.39 is 0 Å². The number of aliphatic imine (C=N–C) groups is 1. The summed E-state index contributed by atoms with van der Waals surface area (Å²) in [6, 6.07) is 7.12. The van der Waals surface area contributed by atoms with E-state index in [4.69, 9.17) is 15.2 Å². The molecule has 0 saturated carbocycles. The van der Waals surface area contributed by atoms with Crippen molar-refractivity contribution in [2.45, 2.75) is 6.04 Å². The van der Waals surface area contributed by atoms with E-state index in [1.807, 2.05) is 24.3 Å². The highest BCUT2D eigenvalue weighted by molar-refractivity contribution is 6.09. The molecule has 3 aromatic rings. The smallest absolute Gasteiger partial charge is 0.227 e. The van der Waals surface area contributed by atoms with Crippen LogP contribution in [0.25, 0.3) is 16.5 Å². The van der Waals surface area contributed by atoms with E-state index in [1.54, 1.807) is 39.9 Å². The van der Waals surface area contributed by atoms with Gasteiger partial charge in [-0.15, -0.1) is 0 Å². The van der Waals surface area contributed by atoms with Gasteiger partial charge in [-0.2, -0.15) is 0 Å². The fourth-order valence-electron chi connectivity index (χ4n) is 3.10. The number of hydrogen-bond donors (Lipinski definition) is 4. The number of nitrogens with one attached hydrogen (secondary N) is 2. The summed E-state index contributed by atoms with van der Waals surface area (Å²) in [6.45, 7) is 0.226. The van der Waals surface area contributed by atoms with Crippen molar-refractivity contribution in [3.05, 3.63) is 48.4 Å². The Morgan fingerprint density at radius 2 is 2.12 bits per heavy atom. The standard InChI is InChI=1S/C22H27N7O3/c1-24-10-16(9-23)14-4-5-18(19(8-14)32-3)28-22-26-11-15-6-7-25-21(20(15)29-22)27-17(12-30)13-31-2/h4-11,17,30H,12-13,23H2,1-3H3,(H,25,27)(H,26,28,29). The second kappa shape index (κ2) is 11.0. The predicted octanol–water partition coefficient (Wildman–Crippen LogP) is 2.20. The van der Waals surface area contributed by atoms with Crippen molar-refractivity contribution in [3.63, 3.8) is 0 Å². The lowest BCUT2D eigenvalue weighted by Gasteiger charge is -2.17. The summed E-state index contributed by atoms with van der Waals surface area (Å²) >= 11 is 0. The molecule has 1 atom stereocenters. The minimum atomic E-state index is -0.312. The predicted molar refractivity (Wildman–Crippen MR) is 127 cm³/mol. The number of aliphatic hydroxyl groups excluding tert-OH is 1. The summed E-state index contributed by atoms with van der Waals surface area (Å²) in [6.07, 6.45) is 6.53. The van der Waals surface area contributed by atoms with E-state index >= 15 is 0 Å². The van der Waals surface area contributed by atoms with Crippen LogP contribution in [0, 0.1) is 0 Å². The number of pyridine rings is 1. The van der Waals surface area contributed by atoms with Gasteiger partial charge < -0.3 is 30.9 Å². The third-order valence-corrected chi connectivity index (χ3v) is 4.66. The van der Waals surface area contributed by atoms with Crippen LogP contribution in [-0.2, 0) is 4.74 Å². The number of aliphatic hydroxyl groups is 1. The van der Waals surface area contributed by atoms with Crippen molar-refractivity contribution in [3.8, 4) is 5.75 Å². The topological polar surface area (TPSA) is 140 Å². The summed E-state index contributed by atoms with van der Waals surface area (Å²) in [5.74, 6) is 1.50. The molecule has 0 saturated heterocycles. The molecule has 0 aliphatic rings. The zero-order valence-electron chi connectivity index (χ0n) is 18.2. The molecule has 0 fully saturated rings. The molecule has 0 aliphatic carbocycles. The fourth-order valence-corrected chi connectivity index (χ4v) is 3.10. The molecule has 168 valence electrons. The van der Waals surface area contributed by atoms with Gasteiger partial charge in [0.15, 0.2) is 5.82 Å². The van der Waals surface area contributed by atoms with Crippen molar-refractivity contribution >= 4 is 40.1 Å². The lowest BCUT2D eigenvalue weighted by molar-refractivity contribution is 0.153. The SMILES string of the molecule is CN=CC(=CN)c1ccc(Nc2ncc3ccnc(NC(CO)COC)c3n2)c(OC)c1. The maximum absolute atomic E-state index is 9.56. The molecule has 10 nitrogen and oxygen atoms in total. The molecule has 32 heavy (non-hydrogen) atoms. The van der Waals surface area contributed by atoms with E-state index in [1.165, 1.54) is 6.20 Å². The van der Waals surface area contributed by atoms with Crippen LogP contribution in [0.2, 0.25) is 0 Å². The Hall–Kier alpha value is -3.76. The first-order valence-corrected chi connectivity index (χ1v) is 9.91. The number of benzene rings is 1. The van der Waals surface area contributed by atoms with Crippen LogP contribution in [-0.4, -0.2) is 66.8 Å². The van der Waals surface area contributed by atoms with Crippen LogP contribution in [0.1, 0.15) is 5.56 Å². The molecule has 0 amide bonds. The molecular formula is C22H27N7O3. The van der Waals surface area contributed by atoms with Gasteiger partial charge in [0.1, 0.15) is 11.3 Å². The number of rotatable bonds is 10. The lowest BCUT2D eigenvalue weighted by atomic mass is 10.1. The summed E-state index contributed by atoms with van der Waals surface area (Å²) in [7, 11) is 4.84. The Balaban J connectivity index is 1.93. The molecule has 0 spiro atoms. The van der Waals surface area contributed by atoms with E-state index in [0.717, 1.165) is 16.5 Å². The van der Waals surface area contributed by atoms with Crippen molar-refractivity contribution < 1.29 is 14.6 Å². The third kappa shape index (κ3) is 5.29. The average Bonchev–Trinajstić information content (AvgIpc) is 2.82. The number of nitrogens with zero attached hydrogens (tertiary/aromatic N) is 4. The highest BCUT2D eigenvalue weighted by Gasteiger charge is 2.13. The minimum absolute atomic E-state index is 0.104. The molecule has 3 rings (SSSR count). The maximum Gasteiger partial charge on any atom is 0.227 e. The number of anilines is 3. The van der Waals surface area contributed by atoms with E-state index in [2.05, 4.69) is 30.6 Å². The van der Waals surface area contributed by atoms with Gasteiger partial charge in [-0.25, -0.2) is 15.0 Å². The van der Waals surface area contributed by atoms with Gasteiger partial charge in [0, 0.05) is 49.9 Å². The van der Waals surface area contributed by atoms with E-state index in [9.17, 15) is 5.11 Å². The molecule has 0 bridgehead atoms. The minimum Gasteiger partial charge on any atom is -0.495 e. The van der Waals surface area contributed by atoms with Crippen LogP contribution >= 0.6 is 0 Å². The molecule has 0 radical (unpaired) electrons. The normalized spacial score (nSPS) is 12.8. The van der Waals surface area contributed by atoms with E-state index in [0.29, 0.717) is 35.3 Å². The van der Waals surface area contributed by atoms with Gasteiger partial charge in [0.2, 0.25) is 5.95 Å². The number of methoxy groups -OCH3 is 2. The number of hydrogen-bond acceptors (Lipinski definition) is 10. The molecule has 1 unspecified atom stereocenters. The number of aromatic nitrogens is 3. The highest BCUT2D eigenvalue weighted by Crippen LogP contribution is 2.30.